The molecule has 1 saturated carbocycles. The number of nitrogens with zero attached hydrogens (tertiary/aromatic N) is 2. The van der Waals surface area contributed by atoms with E-state index in [2.05, 4.69) is 34.9 Å². The number of aromatic nitrogens is 2. The van der Waals surface area contributed by atoms with Gasteiger partial charge in [0, 0.05) is 5.39 Å². The van der Waals surface area contributed by atoms with Gasteiger partial charge in [-0.25, -0.2) is 0 Å². The van der Waals surface area contributed by atoms with Crippen LogP contribution in [0.5, 0.6) is 0 Å². The van der Waals surface area contributed by atoms with E-state index in [9.17, 15) is 0 Å². The predicted molar refractivity (Wildman–Crippen MR) is 62.0 cm³/mol. The Kier molecular flexibility index (Phi) is 2.01. The molecule has 2 aromatic rings. The fourth-order valence-corrected chi connectivity index (χ4v) is 2.65. The van der Waals surface area contributed by atoms with Gasteiger partial charge in [0.25, 0.3) is 0 Å². The summed E-state index contributed by atoms with van der Waals surface area (Å²) in [5.41, 5.74) is 2.64. The zero-order valence-electron chi connectivity index (χ0n) is 9.11. The maximum Gasteiger partial charge on any atom is 0.0688 e. The molecule has 0 amide bonds. The summed E-state index contributed by atoms with van der Waals surface area (Å²) >= 11 is 0. The highest BCUT2D eigenvalue weighted by Gasteiger charge is 2.19. The van der Waals surface area contributed by atoms with Gasteiger partial charge in [-0.1, -0.05) is 25.0 Å². The van der Waals surface area contributed by atoms with Gasteiger partial charge in [-0.05, 0) is 31.4 Å². The van der Waals surface area contributed by atoms with Gasteiger partial charge in [0.2, 0.25) is 0 Å². The Morgan fingerprint density at radius 3 is 2.87 bits per heavy atom. The first-order valence-corrected chi connectivity index (χ1v) is 5.79. The first kappa shape index (κ1) is 8.96. The zero-order valence-corrected chi connectivity index (χ0v) is 9.11. The van der Waals surface area contributed by atoms with Crippen molar-refractivity contribution in [3.05, 3.63) is 30.0 Å². The van der Waals surface area contributed by atoms with Crippen LogP contribution in [0.25, 0.3) is 10.9 Å². The van der Waals surface area contributed by atoms with E-state index < -0.39 is 0 Å². The molecule has 0 spiro atoms. The molecule has 2 nitrogen and oxygen atoms in total. The zero-order chi connectivity index (χ0) is 10.3. The van der Waals surface area contributed by atoms with Crippen molar-refractivity contribution in [1.29, 1.82) is 0 Å². The minimum absolute atomic E-state index is 0.643. The van der Waals surface area contributed by atoms with Crippen molar-refractivity contribution < 1.29 is 0 Å². The van der Waals surface area contributed by atoms with Crippen molar-refractivity contribution in [3.8, 4) is 0 Å². The molecule has 1 heterocycles. The lowest BCUT2D eigenvalue weighted by Crippen LogP contribution is -2.05. The Morgan fingerprint density at radius 1 is 1.27 bits per heavy atom. The summed E-state index contributed by atoms with van der Waals surface area (Å²) < 4.78 is 2.23. The van der Waals surface area contributed by atoms with Crippen molar-refractivity contribution in [2.75, 3.05) is 0 Å². The summed E-state index contributed by atoms with van der Waals surface area (Å²) in [5, 5.41) is 5.86. The van der Waals surface area contributed by atoms with Crippen molar-refractivity contribution >= 4 is 10.9 Å². The van der Waals surface area contributed by atoms with Crippen LogP contribution in [0.1, 0.15) is 37.3 Å². The molecule has 3 rings (SSSR count). The van der Waals surface area contributed by atoms with Gasteiger partial charge >= 0.3 is 0 Å². The highest BCUT2D eigenvalue weighted by atomic mass is 15.3. The molecule has 1 aliphatic carbocycles. The lowest BCUT2D eigenvalue weighted by Gasteiger charge is -2.11. The van der Waals surface area contributed by atoms with E-state index in [1.54, 1.807) is 0 Å². The number of aryl methyl sites for hydroxylation is 1. The van der Waals surface area contributed by atoms with Gasteiger partial charge in [-0.15, -0.1) is 0 Å². The molecule has 0 aliphatic heterocycles. The number of hydrogen-bond acceptors (Lipinski definition) is 1. The van der Waals surface area contributed by atoms with Crippen LogP contribution in [-0.4, -0.2) is 9.78 Å². The second kappa shape index (κ2) is 3.37. The highest BCUT2D eigenvalue weighted by Crippen LogP contribution is 2.32. The largest absolute Gasteiger partial charge is 0.262 e. The molecule has 0 saturated heterocycles. The Balaban J connectivity index is 2.15. The third-order valence-electron chi connectivity index (χ3n) is 3.53. The second-order valence-corrected chi connectivity index (χ2v) is 4.54. The number of benzene rings is 1. The summed E-state index contributed by atoms with van der Waals surface area (Å²) in [5.74, 6) is 0. The lowest BCUT2D eigenvalue weighted by atomic mass is 10.1. The summed E-state index contributed by atoms with van der Waals surface area (Å²) in [6.07, 6.45) is 7.33. The fourth-order valence-electron chi connectivity index (χ4n) is 2.65. The summed E-state index contributed by atoms with van der Waals surface area (Å²) in [6, 6.07) is 7.12. The number of fused-ring (bicyclic) bond motifs is 1. The Morgan fingerprint density at radius 2 is 2.07 bits per heavy atom. The molecule has 1 aliphatic rings. The number of rotatable bonds is 1. The summed E-state index contributed by atoms with van der Waals surface area (Å²) in [6.45, 7) is 2.16. The van der Waals surface area contributed by atoms with E-state index in [4.69, 9.17) is 0 Å². The SMILES string of the molecule is Cc1cccc2c1cnn2C1CCCC1. The van der Waals surface area contributed by atoms with Gasteiger partial charge in [0.1, 0.15) is 0 Å². The van der Waals surface area contributed by atoms with Gasteiger partial charge < -0.3 is 0 Å². The molecule has 0 unspecified atom stereocenters. The van der Waals surface area contributed by atoms with Gasteiger partial charge in [-0.3, -0.25) is 4.68 Å². The Hall–Kier alpha value is -1.31. The summed E-state index contributed by atoms with van der Waals surface area (Å²) in [4.78, 5) is 0. The van der Waals surface area contributed by atoms with Crippen LogP contribution in [0.2, 0.25) is 0 Å². The third kappa shape index (κ3) is 1.36. The van der Waals surface area contributed by atoms with E-state index >= 15 is 0 Å². The Labute approximate surface area is 89.9 Å². The van der Waals surface area contributed by atoms with Gasteiger partial charge in [0.05, 0.1) is 17.8 Å². The average Bonchev–Trinajstić information content (AvgIpc) is 2.85. The van der Waals surface area contributed by atoms with Crippen LogP contribution in [0.4, 0.5) is 0 Å². The maximum atomic E-state index is 4.55. The molecule has 0 radical (unpaired) electrons. The van der Waals surface area contributed by atoms with Crippen molar-refractivity contribution in [1.82, 2.24) is 9.78 Å². The second-order valence-electron chi connectivity index (χ2n) is 4.54. The van der Waals surface area contributed by atoms with Crippen molar-refractivity contribution in [2.45, 2.75) is 38.6 Å². The third-order valence-corrected chi connectivity index (χ3v) is 3.53. The maximum absolute atomic E-state index is 4.55. The molecular weight excluding hydrogens is 184 g/mol. The molecule has 0 N–H and O–H groups in total. The van der Waals surface area contributed by atoms with Gasteiger partial charge in [0.15, 0.2) is 0 Å². The van der Waals surface area contributed by atoms with E-state index in [1.165, 1.54) is 42.1 Å². The molecule has 1 aromatic heterocycles. The molecule has 0 bridgehead atoms. The Bertz CT molecular complexity index is 478. The van der Waals surface area contributed by atoms with Crippen molar-refractivity contribution in [2.24, 2.45) is 0 Å². The molecule has 1 aromatic carbocycles. The highest BCUT2D eigenvalue weighted by molar-refractivity contribution is 5.82. The van der Waals surface area contributed by atoms with Crippen LogP contribution in [-0.2, 0) is 0 Å². The van der Waals surface area contributed by atoms with Crippen LogP contribution in [0.15, 0.2) is 24.4 Å². The first-order valence-electron chi connectivity index (χ1n) is 5.79. The first-order chi connectivity index (χ1) is 7.36. The molecule has 0 atom stereocenters. The minimum Gasteiger partial charge on any atom is -0.262 e. The summed E-state index contributed by atoms with van der Waals surface area (Å²) in [7, 11) is 0. The van der Waals surface area contributed by atoms with Crippen LogP contribution in [0.3, 0.4) is 0 Å². The fraction of sp³-hybridized carbons (Fsp3) is 0.462. The topological polar surface area (TPSA) is 17.8 Å². The lowest BCUT2D eigenvalue weighted by molar-refractivity contribution is 0.482. The van der Waals surface area contributed by atoms with Crippen LogP contribution in [0, 0.1) is 6.92 Å². The molecule has 15 heavy (non-hydrogen) atoms. The predicted octanol–water partition coefficient (Wildman–Crippen LogP) is 3.46. The van der Waals surface area contributed by atoms with Crippen LogP contribution < -0.4 is 0 Å². The molecular formula is C13H16N2. The van der Waals surface area contributed by atoms with Gasteiger partial charge in [-0.2, -0.15) is 5.10 Å². The standard InChI is InChI=1S/C13H16N2/c1-10-5-4-8-13-12(10)9-14-15(13)11-6-2-3-7-11/h4-5,8-9,11H,2-3,6-7H2,1H3. The van der Waals surface area contributed by atoms with E-state index in [-0.39, 0.29) is 0 Å². The molecule has 2 heteroatoms. The monoisotopic (exact) mass is 200 g/mol. The van der Waals surface area contributed by atoms with Crippen molar-refractivity contribution in [3.63, 3.8) is 0 Å². The minimum atomic E-state index is 0.643. The number of hydrogen-bond donors (Lipinski definition) is 0. The quantitative estimate of drug-likeness (QED) is 0.689. The normalized spacial score (nSPS) is 17.7. The van der Waals surface area contributed by atoms with E-state index in [0.29, 0.717) is 6.04 Å². The molecule has 1 fully saturated rings. The van der Waals surface area contributed by atoms with Crippen LogP contribution >= 0.6 is 0 Å². The molecule has 78 valence electrons. The van der Waals surface area contributed by atoms with E-state index in [1.807, 2.05) is 6.20 Å². The van der Waals surface area contributed by atoms with E-state index in [0.717, 1.165) is 0 Å². The average molecular weight is 200 g/mol. The smallest absolute Gasteiger partial charge is 0.0688 e.